The zero-order valence-electron chi connectivity index (χ0n) is 5.51. The van der Waals surface area contributed by atoms with Gasteiger partial charge in [0.1, 0.15) is 5.69 Å². The molecule has 0 atom stereocenters. The Bertz CT molecular complexity index is 223. The molecule has 3 heteroatoms. The maximum absolute atomic E-state index is 11.9. The molecule has 1 aromatic carbocycles. The van der Waals surface area contributed by atoms with Crippen molar-refractivity contribution >= 4 is 5.69 Å². The predicted molar refractivity (Wildman–Crippen MR) is 35.9 cm³/mol. The Labute approximate surface area is 57.8 Å². The van der Waals surface area contributed by atoms with Crippen LogP contribution >= 0.6 is 0 Å². The molecule has 0 bridgehead atoms. The van der Waals surface area contributed by atoms with Crippen molar-refractivity contribution < 1.29 is 8.96 Å². The molecular weight excluding hydrogens is 136 g/mol. The fraction of sp³-hybridized carbons (Fsp3) is 0.143. The average Bonchev–Trinajstić information content (AvgIpc) is 1.88. The largest absolute Gasteiger partial charge is 0.108 e. The molecule has 0 aliphatic carbocycles. The number of halogens is 2. The van der Waals surface area contributed by atoms with E-state index in [4.69, 9.17) is 0 Å². The van der Waals surface area contributed by atoms with Crippen LogP contribution in [0.4, 0.5) is 14.6 Å². The number of aryl methyl sites for hydroxylation is 1. The number of hydrogen-bond donors (Lipinski definition) is 0. The van der Waals surface area contributed by atoms with Crippen LogP contribution in [0.15, 0.2) is 24.3 Å². The Morgan fingerprint density at radius 3 is 2.20 bits per heavy atom. The van der Waals surface area contributed by atoms with E-state index in [2.05, 4.69) is 0 Å². The van der Waals surface area contributed by atoms with Gasteiger partial charge in [0.2, 0.25) is 0 Å². The molecule has 1 aromatic rings. The molecule has 0 spiro atoms. The SMILES string of the molecule is Cc1ccccc1N(F)F. The number of anilines is 1. The van der Waals surface area contributed by atoms with Crippen LogP contribution in [0.5, 0.6) is 0 Å². The molecule has 0 fully saturated rings. The summed E-state index contributed by atoms with van der Waals surface area (Å²) >= 11 is 0. The Morgan fingerprint density at radius 2 is 1.80 bits per heavy atom. The van der Waals surface area contributed by atoms with Crippen LogP contribution in [0.1, 0.15) is 5.56 Å². The van der Waals surface area contributed by atoms with Gasteiger partial charge in [0.15, 0.2) is 0 Å². The molecule has 0 radical (unpaired) electrons. The molecule has 0 N–H and O–H groups in total. The van der Waals surface area contributed by atoms with Crippen molar-refractivity contribution in [2.24, 2.45) is 0 Å². The maximum Gasteiger partial charge on any atom is 0.108 e. The molecule has 0 saturated heterocycles. The molecule has 0 aliphatic rings. The molecule has 0 aliphatic heterocycles. The smallest absolute Gasteiger partial charge is 0.0666 e. The van der Waals surface area contributed by atoms with Gasteiger partial charge < -0.3 is 0 Å². The van der Waals surface area contributed by atoms with E-state index in [1.165, 1.54) is 6.07 Å². The molecule has 0 aromatic heterocycles. The van der Waals surface area contributed by atoms with Crippen LogP contribution in [0.2, 0.25) is 0 Å². The quantitative estimate of drug-likeness (QED) is 0.546. The van der Waals surface area contributed by atoms with E-state index in [1.54, 1.807) is 25.1 Å². The van der Waals surface area contributed by atoms with Gasteiger partial charge in [-0.05, 0) is 23.9 Å². The molecule has 0 amide bonds. The minimum atomic E-state index is -0.880. The second-order valence-corrected chi connectivity index (χ2v) is 2.02. The van der Waals surface area contributed by atoms with Gasteiger partial charge in [-0.3, -0.25) is 0 Å². The van der Waals surface area contributed by atoms with Crippen molar-refractivity contribution in [3.63, 3.8) is 0 Å². The fourth-order valence-corrected chi connectivity index (χ4v) is 0.753. The van der Waals surface area contributed by atoms with Crippen LogP contribution in [0.3, 0.4) is 0 Å². The topological polar surface area (TPSA) is 3.24 Å². The second-order valence-electron chi connectivity index (χ2n) is 2.02. The first-order valence-corrected chi connectivity index (χ1v) is 2.89. The predicted octanol–water partition coefficient (Wildman–Crippen LogP) is 2.57. The number of para-hydroxylation sites is 1. The molecule has 10 heavy (non-hydrogen) atoms. The number of hydrogen-bond acceptors (Lipinski definition) is 1. The van der Waals surface area contributed by atoms with Crippen molar-refractivity contribution in [3.8, 4) is 0 Å². The van der Waals surface area contributed by atoms with Crippen LogP contribution in [-0.2, 0) is 0 Å². The second kappa shape index (κ2) is 2.64. The normalized spacial score (nSPS) is 9.50. The van der Waals surface area contributed by atoms with Crippen LogP contribution in [0, 0.1) is 6.92 Å². The summed E-state index contributed by atoms with van der Waals surface area (Å²) in [6.07, 6.45) is 0. The van der Waals surface area contributed by atoms with Gasteiger partial charge in [0, 0.05) is 0 Å². The van der Waals surface area contributed by atoms with E-state index in [-0.39, 0.29) is 5.69 Å². The number of benzene rings is 1. The van der Waals surface area contributed by atoms with Gasteiger partial charge in [-0.15, -0.1) is 0 Å². The summed E-state index contributed by atoms with van der Waals surface area (Å²) in [6.45, 7) is 1.64. The maximum atomic E-state index is 11.9. The highest BCUT2D eigenvalue weighted by Crippen LogP contribution is 2.19. The van der Waals surface area contributed by atoms with E-state index in [9.17, 15) is 8.96 Å². The van der Waals surface area contributed by atoms with Gasteiger partial charge in [0.05, 0.1) is 0 Å². The van der Waals surface area contributed by atoms with Crippen LogP contribution < -0.4 is 5.34 Å². The van der Waals surface area contributed by atoms with Gasteiger partial charge in [-0.2, -0.15) is 0 Å². The number of nitrogens with zero attached hydrogens (tertiary/aromatic N) is 1. The molecular formula is C7H7F2N. The Morgan fingerprint density at radius 1 is 1.20 bits per heavy atom. The third kappa shape index (κ3) is 1.23. The highest BCUT2D eigenvalue weighted by molar-refractivity contribution is 5.48. The molecule has 0 heterocycles. The van der Waals surface area contributed by atoms with Crippen molar-refractivity contribution in [3.05, 3.63) is 29.8 Å². The van der Waals surface area contributed by atoms with Crippen molar-refractivity contribution in [2.45, 2.75) is 6.92 Å². The lowest BCUT2D eigenvalue weighted by molar-refractivity contribution is 0.234. The molecule has 1 rings (SSSR count). The van der Waals surface area contributed by atoms with Gasteiger partial charge in [-0.1, -0.05) is 27.2 Å². The van der Waals surface area contributed by atoms with E-state index in [1.807, 2.05) is 0 Å². The Kier molecular flexibility index (Phi) is 1.85. The van der Waals surface area contributed by atoms with Gasteiger partial charge >= 0.3 is 0 Å². The van der Waals surface area contributed by atoms with Crippen molar-refractivity contribution in [2.75, 3.05) is 5.34 Å². The van der Waals surface area contributed by atoms with E-state index in [0.29, 0.717) is 5.56 Å². The standard InChI is InChI=1S/C7H7F2N/c1-6-4-2-3-5-7(6)10(8)9/h2-5H,1H3. The highest BCUT2D eigenvalue weighted by Gasteiger charge is 2.03. The summed E-state index contributed by atoms with van der Waals surface area (Å²) in [7, 11) is 0. The molecule has 0 saturated carbocycles. The summed E-state index contributed by atoms with van der Waals surface area (Å²) in [5, 5.41) is -0.880. The summed E-state index contributed by atoms with van der Waals surface area (Å²) < 4.78 is 23.7. The van der Waals surface area contributed by atoms with Gasteiger partial charge in [-0.25, -0.2) is 0 Å². The zero-order chi connectivity index (χ0) is 7.56. The molecule has 0 unspecified atom stereocenters. The van der Waals surface area contributed by atoms with Crippen LogP contribution in [0.25, 0.3) is 0 Å². The first-order valence-electron chi connectivity index (χ1n) is 2.89. The molecule has 54 valence electrons. The van der Waals surface area contributed by atoms with Crippen LogP contribution in [-0.4, -0.2) is 0 Å². The van der Waals surface area contributed by atoms with Gasteiger partial charge in [0.25, 0.3) is 0 Å². The minimum Gasteiger partial charge on any atom is -0.0666 e. The molecule has 1 nitrogen and oxygen atoms in total. The van der Waals surface area contributed by atoms with Crippen molar-refractivity contribution in [1.29, 1.82) is 0 Å². The van der Waals surface area contributed by atoms with E-state index < -0.39 is 5.34 Å². The monoisotopic (exact) mass is 143 g/mol. The minimum absolute atomic E-state index is 0.0394. The zero-order valence-corrected chi connectivity index (χ0v) is 5.51. The fourth-order valence-electron chi connectivity index (χ4n) is 0.753. The number of rotatable bonds is 1. The first kappa shape index (κ1) is 6.99. The summed E-state index contributed by atoms with van der Waals surface area (Å²) in [5.41, 5.74) is 0.537. The highest BCUT2D eigenvalue weighted by atomic mass is 19.4. The third-order valence-corrected chi connectivity index (χ3v) is 1.30. The summed E-state index contributed by atoms with van der Waals surface area (Å²) in [5.74, 6) is 0. The van der Waals surface area contributed by atoms with Crippen molar-refractivity contribution in [1.82, 2.24) is 0 Å². The summed E-state index contributed by atoms with van der Waals surface area (Å²) in [4.78, 5) is 0. The third-order valence-electron chi connectivity index (χ3n) is 1.30. The van der Waals surface area contributed by atoms with E-state index in [0.717, 1.165) is 0 Å². The lowest BCUT2D eigenvalue weighted by atomic mass is 10.2. The lowest BCUT2D eigenvalue weighted by Gasteiger charge is -2.03. The first-order chi connectivity index (χ1) is 4.72. The Hall–Kier alpha value is -1.12. The lowest BCUT2D eigenvalue weighted by Crippen LogP contribution is -1.97. The average molecular weight is 143 g/mol. The Balaban J connectivity index is 3.03. The van der Waals surface area contributed by atoms with E-state index >= 15 is 0 Å². The summed E-state index contributed by atoms with van der Waals surface area (Å²) in [6, 6.07) is 6.31.